The van der Waals surface area contributed by atoms with Crippen molar-refractivity contribution in [2.24, 2.45) is 17.3 Å². The molecule has 0 spiro atoms. The van der Waals surface area contributed by atoms with E-state index >= 15 is 0 Å². The van der Waals surface area contributed by atoms with Gasteiger partial charge in [0.1, 0.15) is 0 Å². The molecule has 3 rings (SSSR count). The van der Waals surface area contributed by atoms with Crippen molar-refractivity contribution in [2.45, 2.75) is 58.2 Å². The third-order valence-corrected chi connectivity index (χ3v) is 5.46. The Morgan fingerprint density at radius 3 is 2.78 bits per heavy atom. The van der Waals surface area contributed by atoms with Gasteiger partial charge in [-0.05, 0) is 49.9 Å². The van der Waals surface area contributed by atoms with Crippen molar-refractivity contribution in [3.05, 3.63) is 11.6 Å². The first-order chi connectivity index (χ1) is 8.34. The molecule has 1 N–H and O–H groups in total. The van der Waals surface area contributed by atoms with Crippen molar-refractivity contribution in [2.75, 3.05) is 0 Å². The molecule has 2 aliphatic carbocycles. The summed E-state index contributed by atoms with van der Waals surface area (Å²) in [5.41, 5.74) is 0.894. The molecule has 1 saturated carbocycles. The Kier molecular flexibility index (Phi) is 2.44. The van der Waals surface area contributed by atoms with Gasteiger partial charge in [0.15, 0.2) is 0 Å². The van der Waals surface area contributed by atoms with Crippen LogP contribution in [0.4, 0.5) is 0 Å². The van der Waals surface area contributed by atoms with Gasteiger partial charge in [0, 0.05) is 5.57 Å². The lowest BCUT2D eigenvalue weighted by atomic mass is 9.93. The van der Waals surface area contributed by atoms with Gasteiger partial charge in [-0.15, -0.1) is 0 Å². The number of fused-ring (bicyclic) bond motifs is 2. The van der Waals surface area contributed by atoms with Crippen LogP contribution in [0, 0.1) is 17.3 Å². The van der Waals surface area contributed by atoms with Crippen molar-refractivity contribution in [3.63, 3.8) is 0 Å². The van der Waals surface area contributed by atoms with E-state index in [0.717, 1.165) is 19.3 Å². The molecule has 0 bridgehead atoms. The van der Waals surface area contributed by atoms with Gasteiger partial charge < -0.3 is 9.84 Å². The standard InChI is InChI=1S/C15H22O3/c1-14(2)10-6-7-15(3)12(18-15)5-4-9(13(16)17)8-11(10)14/h8,10-12H,4-7H2,1-3H3,(H,16,17)/b9-8+/t10-,11+,12-,15-/m1/s1. The summed E-state index contributed by atoms with van der Waals surface area (Å²) in [6.07, 6.45) is 6.09. The number of carboxylic acid groups (broad SMARTS) is 1. The molecule has 0 unspecified atom stereocenters. The van der Waals surface area contributed by atoms with Gasteiger partial charge in [-0.3, -0.25) is 0 Å². The summed E-state index contributed by atoms with van der Waals surface area (Å²) < 4.78 is 5.78. The molecule has 3 aliphatic rings. The van der Waals surface area contributed by atoms with Crippen LogP contribution in [0.25, 0.3) is 0 Å². The summed E-state index contributed by atoms with van der Waals surface area (Å²) in [4.78, 5) is 11.3. The molecule has 0 amide bonds. The molecule has 1 saturated heterocycles. The van der Waals surface area contributed by atoms with Gasteiger partial charge in [-0.25, -0.2) is 4.79 Å². The smallest absolute Gasteiger partial charge is 0.331 e. The number of aliphatic carboxylic acids is 1. The number of rotatable bonds is 1. The van der Waals surface area contributed by atoms with Crippen LogP contribution in [0.5, 0.6) is 0 Å². The minimum atomic E-state index is -0.751. The second kappa shape index (κ2) is 3.60. The monoisotopic (exact) mass is 250 g/mol. The van der Waals surface area contributed by atoms with Crippen molar-refractivity contribution in [1.82, 2.24) is 0 Å². The van der Waals surface area contributed by atoms with Gasteiger partial charge in [0.05, 0.1) is 11.7 Å². The highest BCUT2D eigenvalue weighted by Crippen LogP contribution is 2.63. The van der Waals surface area contributed by atoms with Gasteiger partial charge >= 0.3 is 5.97 Å². The molecule has 0 aromatic heterocycles. The van der Waals surface area contributed by atoms with Gasteiger partial charge in [0.2, 0.25) is 0 Å². The molecule has 3 nitrogen and oxygen atoms in total. The van der Waals surface area contributed by atoms with Crippen molar-refractivity contribution < 1.29 is 14.6 Å². The lowest BCUT2D eigenvalue weighted by molar-refractivity contribution is -0.132. The molecule has 1 heterocycles. The highest BCUT2D eigenvalue weighted by molar-refractivity contribution is 5.86. The fourth-order valence-corrected chi connectivity index (χ4v) is 3.75. The molecule has 0 aromatic rings. The third-order valence-electron chi connectivity index (χ3n) is 5.46. The van der Waals surface area contributed by atoms with E-state index in [9.17, 15) is 9.90 Å². The Morgan fingerprint density at radius 2 is 2.11 bits per heavy atom. The average molecular weight is 250 g/mol. The third kappa shape index (κ3) is 1.80. The Bertz CT molecular complexity index is 423. The zero-order chi connectivity index (χ0) is 13.1. The second-order valence-corrected chi connectivity index (χ2v) is 6.95. The summed E-state index contributed by atoms with van der Waals surface area (Å²) in [5.74, 6) is 0.327. The Balaban J connectivity index is 1.84. The topological polar surface area (TPSA) is 49.8 Å². The molecule has 18 heavy (non-hydrogen) atoms. The normalized spacial score (nSPS) is 48.2. The van der Waals surface area contributed by atoms with Crippen LogP contribution in [0.3, 0.4) is 0 Å². The van der Waals surface area contributed by atoms with E-state index in [1.54, 1.807) is 0 Å². The van der Waals surface area contributed by atoms with Crippen molar-refractivity contribution in [3.8, 4) is 0 Å². The molecule has 0 aromatic carbocycles. The maximum absolute atomic E-state index is 11.3. The summed E-state index contributed by atoms with van der Waals surface area (Å²) in [5, 5.41) is 9.28. The number of hydrogen-bond donors (Lipinski definition) is 1. The lowest BCUT2D eigenvalue weighted by Gasteiger charge is -2.08. The minimum Gasteiger partial charge on any atom is -0.478 e. The highest BCUT2D eigenvalue weighted by Gasteiger charge is 2.59. The number of carboxylic acids is 1. The zero-order valence-corrected chi connectivity index (χ0v) is 11.4. The maximum Gasteiger partial charge on any atom is 0.331 e. The van der Waals surface area contributed by atoms with Gasteiger partial charge in [-0.1, -0.05) is 19.9 Å². The van der Waals surface area contributed by atoms with E-state index in [2.05, 4.69) is 20.8 Å². The largest absolute Gasteiger partial charge is 0.478 e. The van der Waals surface area contributed by atoms with Gasteiger partial charge in [-0.2, -0.15) is 0 Å². The zero-order valence-electron chi connectivity index (χ0n) is 11.4. The van der Waals surface area contributed by atoms with E-state index in [0.29, 0.717) is 23.8 Å². The summed E-state index contributed by atoms with van der Waals surface area (Å²) in [6.45, 7) is 6.68. The van der Waals surface area contributed by atoms with Crippen molar-refractivity contribution in [1.29, 1.82) is 0 Å². The van der Waals surface area contributed by atoms with E-state index in [-0.39, 0.29) is 17.1 Å². The number of epoxide rings is 1. The van der Waals surface area contributed by atoms with E-state index < -0.39 is 5.97 Å². The molecule has 1 aliphatic heterocycles. The minimum absolute atomic E-state index is 0.0319. The molecule has 100 valence electrons. The average Bonchev–Trinajstić information content (AvgIpc) is 3.07. The molecular weight excluding hydrogens is 228 g/mol. The van der Waals surface area contributed by atoms with Crippen molar-refractivity contribution >= 4 is 5.97 Å². The molecule has 3 heteroatoms. The Hall–Kier alpha value is -0.830. The Labute approximate surface area is 108 Å². The van der Waals surface area contributed by atoms with Crippen LogP contribution in [0.15, 0.2) is 11.6 Å². The fraction of sp³-hybridized carbons (Fsp3) is 0.800. The van der Waals surface area contributed by atoms with E-state index in [1.165, 1.54) is 0 Å². The van der Waals surface area contributed by atoms with Gasteiger partial charge in [0.25, 0.3) is 0 Å². The molecular formula is C15H22O3. The maximum atomic E-state index is 11.3. The number of allylic oxidation sites excluding steroid dienone is 1. The first kappa shape index (κ1) is 12.2. The molecule has 2 fully saturated rings. The van der Waals surface area contributed by atoms with Crippen LogP contribution in [0.2, 0.25) is 0 Å². The predicted molar refractivity (Wildman–Crippen MR) is 68.2 cm³/mol. The number of hydrogen-bond acceptors (Lipinski definition) is 2. The van der Waals surface area contributed by atoms with E-state index in [1.807, 2.05) is 6.08 Å². The van der Waals surface area contributed by atoms with E-state index in [4.69, 9.17) is 4.74 Å². The lowest BCUT2D eigenvalue weighted by Crippen LogP contribution is -2.12. The van der Waals surface area contributed by atoms with Crippen LogP contribution in [-0.2, 0) is 9.53 Å². The van der Waals surface area contributed by atoms with Crippen LogP contribution < -0.4 is 0 Å². The molecule has 0 radical (unpaired) electrons. The number of carbonyl (C=O) groups is 1. The second-order valence-electron chi connectivity index (χ2n) is 6.95. The first-order valence-corrected chi connectivity index (χ1v) is 6.96. The summed E-state index contributed by atoms with van der Waals surface area (Å²) in [7, 11) is 0. The van der Waals surface area contributed by atoms with Crippen LogP contribution in [-0.4, -0.2) is 22.8 Å². The fourth-order valence-electron chi connectivity index (χ4n) is 3.75. The molecule has 4 atom stereocenters. The predicted octanol–water partition coefficient (Wildman–Crippen LogP) is 3.00. The number of ether oxygens (including phenoxy) is 1. The Morgan fingerprint density at radius 1 is 1.39 bits per heavy atom. The van der Waals surface area contributed by atoms with Crippen LogP contribution in [0.1, 0.15) is 46.5 Å². The highest BCUT2D eigenvalue weighted by atomic mass is 16.6. The summed E-state index contributed by atoms with van der Waals surface area (Å²) >= 11 is 0. The SMILES string of the molecule is CC1(C)[C@@H]2CC[C@@]3(C)O[C@@H]3CC/C(C(=O)O)=C\[C@@H]21. The first-order valence-electron chi connectivity index (χ1n) is 6.96. The summed E-state index contributed by atoms with van der Waals surface area (Å²) in [6, 6.07) is 0. The quantitative estimate of drug-likeness (QED) is 0.728. The van der Waals surface area contributed by atoms with Crippen LogP contribution >= 0.6 is 0 Å².